The molecule has 5 heteroatoms. The predicted molar refractivity (Wildman–Crippen MR) is 82.3 cm³/mol. The van der Waals surface area contributed by atoms with Crippen LogP contribution in [0.2, 0.25) is 0 Å². The van der Waals surface area contributed by atoms with Gasteiger partial charge in [-0.3, -0.25) is 4.90 Å². The smallest absolute Gasteiger partial charge is 0.103 e. The van der Waals surface area contributed by atoms with Crippen LogP contribution in [0, 0.1) is 22.7 Å². The summed E-state index contributed by atoms with van der Waals surface area (Å²) in [5.74, 6) is 0. The molecule has 20 heavy (non-hydrogen) atoms. The summed E-state index contributed by atoms with van der Waals surface area (Å²) in [6.45, 7) is 7.22. The first-order valence-electron chi connectivity index (χ1n) is 6.59. The summed E-state index contributed by atoms with van der Waals surface area (Å²) in [6.07, 6.45) is 0. The molecule has 1 aromatic carbocycles. The Hall–Kier alpha value is -1.56. The van der Waals surface area contributed by atoms with Gasteiger partial charge in [-0.25, -0.2) is 0 Å². The molecule has 104 valence electrons. The Kier molecular flexibility index (Phi) is 4.32. The van der Waals surface area contributed by atoms with Crippen molar-refractivity contribution < 1.29 is 0 Å². The lowest BCUT2D eigenvalue weighted by Gasteiger charge is -2.41. The first-order valence-corrected chi connectivity index (χ1v) is 7.39. The van der Waals surface area contributed by atoms with Crippen molar-refractivity contribution in [1.82, 2.24) is 4.90 Å². The van der Waals surface area contributed by atoms with Crippen LogP contribution in [-0.4, -0.2) is 36.6 Å². The molecule has 0 aliphatic carbocycles. The number of hydrogen-bond acceptors (Lipinski definition) is 4. The van der Waals surface area contributed by atoms with Gasteiger partial charge in [-0.15, -0.1) is 0 Å². The third-order valence-electron chi connectivity index (χ3n) is 3.79. The molecule has 2 rings (SSSR count). The van der Waals surface area contributed by atoms with E-state index in [0.29, 0.717) is 5.56 Å². The molecule has 1 fully saturated rings. The van der Waals surface area contributed by atoms with E-state index in [4.69, 9.17) is 0 Å². The Balaban J connectivity index is 2.15. The van der Waals surface area contributed by atoms with E-state index in [2.05, 4.69) is 37.9 Å². The van der Waals surface area contributed by atoms with E-state index in [1.807, 2.05) is 32.0 Å². The summed E-state index contributed by atoms with van der Waals surface area (Å²) < 4.78 is 0.831. The molecule has 0 amide bonds. The molecule has 1 aliphatic heterocycles. The Morgan fingerprint density at radius 2 is 1.80 bits per heavy atom. The third kappa shape index (κ3) is 2.80. The van der Waals surface area contributed by atoms with Gasteiger partial charge in [0.2, 0.25) is 0 Å². The van der Waals surface area contributed by atoms with Crippen molar-refractivity contribution in [3.8, 4) is 12.1 Å². The van der Waals surface area contributed by atoms with Crippen molar-refractivity contribution in [1.29, 1.82) is 10.5 Å². The SMILES string of the molecule is CC(C)(C#N)N1CCN(c2cccc(Br)c2C#N)CC1. The molecule has 0 atom stereocenters. The number of halogens is 1. The number of hydrogen-bond donors (Lipinski definition) is 0. The quantitative estimate of drug-likeness (QED) is 0.835. The predicted octanol–water partition coefficient (Wildman–Crippen LogP) is 2.74. The Bertz CT molecular complexity index is 575. The minimum atomic E-state index is -0.429. The summed E-state index contributed by atoms with van der Waals surface area (Å²) in [5.41, 5.74) is 1.22. The lowest BCUT2D eigenvalue weighted by atomic mass is 10.0. The lowest BCUT2D eigenvalue weighted by Crippen LogP contribution is -2.54. The van der Waals surface area contributed by atoms with E-state index in [9.17, 15) is 10.5 Å². The minimum absolute atomic E-state index is 0.429. The summed E-state index contributed by atoms with van der Waals surface area (Å²) in [6, 6.07) is 10.4. The van der Waals surface area contributed by atoms with Crippen molar-refractivity contribution in [2.24, 2.45) is 0 Å². The van der Waals surface area contributed by atoms with E-state index in [1.165, 1.54) is 0 Å². The molecule has 0 bridgehead atoms. The minimum Gasteiger partial charge on any atom is -0.368 e. The van der Waals surface area contributed by atoms with Gasteiger partial charge in [0, 0.05) is 30.7 Å². The molecule has 0 radical (unpaired) electrons. The second-order valence-corrected chi connectivity index (χ2v) is 6.25. The van der Waals surface area contributed by atoms with Crippen molar-refractivity contribution in [2.45, 2.75) is 19.4 Å². The van der Waals surface area contributed by atoms with Crippen molar-refractivity contribution in [2.75, 3.05) is 31.1 Å². The number of benzene rings is 1. The van der Waals surface area contributed by atoms with Crippen LogP contribution in [-0.2, 0) is 0 Å². The van der Waals surface area contributed by atoms with Gasteiger partial charge < -0.3 is 4.90 Å². The Morgan fingerprint density at radius 1 is 1.15 bits per heavy atom. The fourth-order valence-corrected chi connectivity index (χ4v) is 2.91. The third-order valence-corrected chi connectivity index (χ3v) is 4.45. The standard InChI is InChI=1S/C15H17BrN4/c1-15(2,11-18)20-8-6-19(7-9-20)14-5-3-4-13(16)12(14)10-17/h3-5H,6-9H2,1-2H3. The van der Waals surface area contributed by atoms with Gasteiger partial charge in [0.05, 0.1) is 17.3 Å². The normalized spacial score (nSPS) is 16.6. The van der Waals surface area contributed by atoms with Gasteiger partial charge in [0.1, 0.15) is 11.6 Å². The van der Waals surface area contributed by atoms with Crippen molar-refractivity contribution in [3.05, 3.63) is 28.2 Å². The van der Waals surface area contributed by atoms with E-state index in [0.717, 1.165) is 36.3 Å². The molecule has 0 spiro atoms. The maximum absolute atomic E-state index is 9.29. The number of rotatable bonds is 2. The molecular formula is C15H17BrN4. The number of nitrogens with zero attached hydrogens (tertiary/aromatic N) is 4. The van der Waals surface area contributed by atoms with Crippen LogP contribution in [0.4, 0.5) is 5.69 Å². The second kappa shape index (κ2) is 5.83. The van der Waals surface area contributed by atoms with Crippen LogP contribution in [0.15, 0.2) is 22.7 Å². The fraction of sp³-hybridized carbons (Fsp3) is 0.467. The number of piperazine rings is 1. The molecule has 0 unspecified atom stereocenters. The number of anilines is 1. The highest BCUT2D eigenvalue weighted by molar-refractivity contribution is 9.10. The molecule has 1 aliphatic rings. The summed E-state index contributed by atoms with van der Waals surface area (Å²) >= 11 is 3.43. The van der Waals surface area contributed by atoms with Crippen LogP contribution < -0.4 is 4.90 Å². The Morgan fingerprint density at radius 3 is 2.35 bits per heavy atom. The molecule has 0 saturated carbocycles. The number of nitriles is 2. The van der Waals surface area contributed by atoms with Crippen molar-refractivity contribution in [3.63, 3.8) is 0 Å². The first kappa shape index (κ1) is 14.8. The van der Waals surface area contributed by atoms with E-state index >= 15 is 0 Å². The summed E-state index contributed by atoms with van der Waals surface area (Å²) in [5, 5.41) is 18.5. The van der Waals surface area contributed by atoms with Crippen LogP contribution in [0.1, 0.15) is 19.4 Å². The highest BCUT2D eigenvalue weighted by atomic mass is 79.9. The monoisotopic (exact) mass is 332 g/mol. The van der Waals surface area contributed by atoms with E-state index in [-0.39, 0.29) is 0 Å². The first-order chi connectivity index (χ1) is 9.49. The van der Waals surface area contributed by atoms with Crippen molar-refractivity contribution >= 4 is 21.6 Å². The average Bonchev–Trinajstić information content (AvgIpc) is 2.47. The second-order valence-electron chi connectivity index (χ2n) is 5.39. The van der Waals surface area contributed by atoms with Gasteiger partial charge >= 0.3 is 0 Å². The summed E-state index contributed by atoms with van der Waals surface area (Å²) in [4.78, 5) is 4.40. The maximum atomic E-state index is 9.29. The van der Waals surface area contributed by atoms with Gasteiger partial charge in [-0.05, 0) is 41.9 Å². The fourth-order valence-electron chi connectivity index (χ4n) is 2.46. The topological polar surface area (TPSA) is 54.1 Å². The largest absolute Gasteiger partial charge is 0.368 e. The highest BCUT2D eigenvalue weighted by Crippen LogP contribution is 2.28. The van der Waals surface area contributed by atoms with Crippen LogP contribution in [0.3, 0.4) is 0 Å². The molecular weight excluding hydrogens is 316 g/mol. The van der Waals surface area contributed by atoms with Crippen LogP contribution in [0.25, 0.3) is 0 Å². The average molecular weight is 333 g/mol. The van der Waals surface area contributed by atoms with E-state index < -0.39 is 5.54 Å². The van der Waals surface area contributed by atoms with Gasteiger partial charge in [0.25, 0.3) is 0 Å². The lowest BCUT2D eigenvalue weighted by molar-refractivity contribution is 0.158. The summed E-state index contributed by atoms with van der Waals surface area (Å²) in [7, 11) is 0. The van der Waals surface area contributed by atoms with Gasteiger partial charge in [-0.2, -0.15) is 10.5 Å². The maximum Gasteiger partial charge on any atom is 0.103 e. The molecule has 1 saturated heterocycles. The molecule has 1 heterocycles. The molecule has 0 N–H and O–H groups in total. The van der Waals surface area contributed by atoms with Gasteiger partial charge in [-0.1, -0.05) is 6.07 Å². The van der Waals surface area contributed by atoms with Gasteiger partial charge in [0.15, 0.2) is 0 Å². The molecule has 1 aromatic rings. The van der Waals surface area contributed by atoms with Crippen LogP contribution >= 0.6 is 15.9 Å². The Labute approximate surface area is 128 Å². The zero-order valence-electron chi connectivity index (χ0n) is 11.7. The zero-order valence-corrected chi connectivity index (χ0v) is 13.3. The zero-order chi connectivity index (χ0) is 14.8. The van der Waals surface area contributed by atoms with Crippen LogP contribution in [0.5, 0.6) is 0 Å². The molecule has 0 aromatic heterocycles. The molecule has 4 nitrogen and oxygen atoms in total. The highest BCUT2D eigenvalue weighted by Gasteiger charge is 2.30. The van der Waals surface area contributed by atoms with E-state index in [1.54, 1.807) is 0 Å².